The molecule has 1 N–H and O–H groups in total. The lowest BCUT2D eigenvalue weighted by molar-refractivity contribution is -0.00119. The molecular weight excluding hydrogens is 166 g/mol. The molecule has 0 aromatic carbocycles. The van der Waals surface area contributed by atoms with Crippen LogP contribution in [-0.2, 0) is 9.57 Å². The van der Waals surface area contributed by atoms with Gasteiger partial charge in [0.1, 0.15) is 0 Å². The molecule has 0 amide bonds. The van der Waals surface area contributed by atoms with Gasteiger partial charge in [0.05, 0.1) is 6.61 Å². The van der Waals surface area contributed by atoms with Gasteiger partial charge in [-0.2, -0.15) is 0 Å². The molecule has 0 spiro atoms. The van der Waals surface area contributed by atoms with Crippen LogP contribution in [-0.4, -0.2) is 26.4 Å². The molecule has 0 bridgehead atoms. The van der Waals surface area contributed by atoms with Crippen LogP contribution in [0.4, 0.5) is 0 Å². The monoisotopic (exact) mass is 187 g/mol. The molecular formula is C10H21NO2. The standard InChI is InChI=1S/C10H21NO2/c1-9(2)8-13-11-7-10-3-5-12-6-4-10/h9-11H,3-8H2,1-2H3. The maximum atomic E-state index is 5.31. The highest BCUT2D eigenvalue weighted by molar-refractivity contribution is 4.63. The van der Waals surface area contributed by atoms with Crippen LogP contribution in [0.3, 0.4) is 0 Å². The molecule has 0 atom stereocenters. The predicted octanol–water partition coefficient (Wildman–Crippen LogP) is 1.59. The summed E-state index contributed by atoms with van der Waals surface area (Å²) in [5.74, 6) is 1.34. The molecule has 1 aliphatic rings. The van der Waals surface area contributed by atoms with Crippen LogP contribution in [0.15, 0.2) is 0 Å². The van der Waals surface area contributed by atoms with Crippen molar-refractivity contribution in [3.8, 4) is 0 Å². The third kappa shape index (κ3) is 5.24. The molecule has 3 heteroatoms. The van der Waals surface area contributed by atoms with Gasteiger partial charge in [0.25, 0.3) is 0 Å². The molecule has 1 aliphatic heterocycles. The molecule has 0 aliphatic carbocycles. The molecule has 0 saturated carbocycles. The summed E-state index contributed by atoms with van der Waals surface area (Å²) < 4.78 is 5.28. The van der Waals surface area contributed by atoms with Crippen molar-refractivity contribution in [3.05, 3.63) is 0 Å². The van der Waals surface area contributed by atoms with Gasteiger partial charge in [-0.15, -0.1) is 0 Å². The van der Waals surface area contributed by atoms with E-state index >= 15 is 0 Å². The van der Waals surface area contributed by atoms with Gasteiger partial charge in [0, 0.05) is 19.8 Å². The van der Waals surface area contributed by atoms with Crippen molar-refractivity contribution in [2.45, 2.75) is 26.7 Å². The lowest BCUT2D eigenvalue weighted by atomic mass is 10.0. The van der Waals surface area contributed by atoms with Crippen molar-refractivity contribution in [1.29, 1.82) is 0 Å². The summed E-state index contributed by atoms with van der Waals surface area (Å²) in [6.45, 7) is 7.89. The summed E-state index contributed by atoms with van der Waals surface area (Å²) in [7, 11) is 0. The van der Waals surface area contributed by atoms with Crippen molar-refractivity contribution in [1.82, 2.24) is 5.48 Å². The van der Waals surface area contributed by atoms with Crippen LogP contribution in [0.1, 0.15) is 26.7 Å². The average Bonchev–Trinajstić information content (AvgIpc) is 2.14. The largest absolute Gasteiger partial charge is 0.381 e. The number of hydroxylamine groups is 1. The van der Waals surface area contributed by atoms with Crippen LogP contribution >= 0.6 is 0 Å². The molecule has 0 aromatic heterocycles. The maximum Gasteiger partial charge on any atom is 0.0705 e. The molecule has 3 nitrogen and oxygen atoms in total. The third-order valence-electron chi connectivity index (χ3n) is 2.23. The van der Waals surface area contributed by atoms with E-state index in [1.54, 1.807) is 0 Å². The minimum Gasteiger partial charge on any atom is -0.381 e. The molecule has 13 heavy (non-hydrogen) atoms. The summed E-state index contributed by atoms with van der Waals surface area (Å²) >= 11 is 0. The zero-order chi connectivity index (χ0) is 9.52. The number of hydrogen-bond acceptors (Lipinski definition) is 3. The first-order chi connectivity index (χ1) is 6.29. The third-order valence-corrected chi connectivity index (χ3v) is 2.23. The topological polar surface area (TPSA) is 30.5 Å². The van der Waals surface area contributed by atoms with Crippen LogP contribution in [0.25, 0.3) is 0 Å². The van der Waals surface area contributed by atoms with Crippen molar-refractivity contribution in [3.63, 3.8) is 0 Å². The Hall–Kier alpha value is -0.120. The van der Waals surface area contributed by atoms with Gasteiger partial charge in [0.2, 0.25) is 0 Å². The van der Waals surface area contributed by atoms with Gasteiger partial charge in [-0.3, -0.25) is 0 Å². The Balaban J connectivity index is 1.92. The van der Waals surface area contributed by atoms with Crippen LogP contribution in [0, 0.1) is 11.8 Å². The first-order valence-corrected chi connectivity index (χ1v) is 5.21. The van der Waals surface area contributed by atoms with E-state index in [0.29, 0.717) is 5.92 Å². The van der Waals surface area contributed by atoms with Crippen LogP contribution in [0.2, 0.25) is 0 Å². The predicted molar refractivity (Wildman–Crippen MR) is 52.3 cm³/mol. The Morgan fingerprint density at radius 3 is 2.69 bits per heavy atom. The highest BCUT2D eigenvalue weighted by Crippen LogP contribution is 2.12. The van der Waals surface area contributed by atoms with E-state index in [2.05, 4.69) is 19.3 Å². The van der Waals surface area contributed by atoms with E-state index in [1.807, 2.05) is 0 Å². The van der Waals surface area contributed by atoms with Gasteiger partial charge in [-0.05, 0) is 24.7 Å². The fraction of sp³-hybridized carbons (Fsp3) is 1.00. The quantitative estimate of drug-likeness (QED) is 0.523. The second kappa shape index (κ2) is 6.35. The normalized spacial score (nSPS) is 19.6. The van der Waals surface area contributed by atoms with Crippen molar-refractivity contribution < 1.29 is 9.57 Å². The lowest BCUT2D eigenvalue weighted by Crippen LogP contribution is -2.28. The van der Waals surface area contributed by atoms with Gasteiger partial charge < -0.3 is 9.57 Å². The minimum atomic E-state index is 0.599. The second-order valence-electron chi connectivity index (χ2n) is 4.11. The van der Waals surface area contributed by atoms with Crippen molar-refractivity contribution >= 4 is 0 Å². The fourth-order valence-corrected chi connectivity index (χ4v) is 1.35. The fourth-order valence-electron chi connectivity index (χ4n) is 1.35. The van der Waals surface area contributed by atoms with Crippen LogP contribution < -0.4 is 5.48 Å². The summed E-state index contributed by atoms with van der Waals surface area (Å²) in [4.78, 5) is 5.31. The van der Waals surface area contributed by atoms with Gasteiger partial charge in [-0.1, -0.05) is 13.8 Å². The summed E-state index contributed by atoms with van der Waals surface area (Å²) in [5, 5.41) is 0. The second-order valence-corrected chi connectivity index (χ2v) is 4.11. The SMILES string of the molecule is CC(C)CONCC1CCOCC1. The Bertz CT molecular complexity index is 122. The number of rotatable bonds is 5. The van der Waals surface area contributed by atoms with E-state index in [4.69, 9.17) is 9.57 Å². The highest BCUT2D eigenvalue weighted by Gasteiger charge is 2.12. The smallest absolute Gasteiger partial charge is 0.0705 e. The van der Waals surface area contributed by atoms with E-state index in [1.165, 1.54) is 0 Å². The minimum absolute atomic E-state index is 0.599. The zero-order valence-corrected chi connectivity index (χ0v) is 8.71. The van der Waals surface area contributed by atoms with Gasteiger partial charge >= 0.3 is 0 Å². The van der Waals surface area contributed by atoms with E-state index in [0.717, 1.165) is 45.1 Å². The van der Waals surface area contributed by atoms with Crippen molar-refractivity contribution in [2.75, 3.05) is 26.4 Å². The average molecular weight is 187 g/mol. The molecule has 1 rings (SSSR count). The van der Waals surface area contributed by atoms with Gasteiger partial charge in [-0.25, -0.2) is 5.48 Å². The molecule has 0 unspecified atom stereocenters. The Morgan fingerprint density at radius 1 is 1.38 bits per heavy atom. The molecule has 0 aromatic rings. The van der Waals surface area contributed by atoms with Gasteiger partial charge in [0.15, 0.2) is 0 Å². The Morgan fingerprint density at radius 2 is 2.08 bits per heavy atom. The zero-order valence-electron chi connectivity index (χ0n) is 8.71. The maximum absolute atomic E-state index is 5.31. The first-order valence-electron chi connectivity index (χ1n) is 5.21. The molecule has 0 radical (unpaired) electrons. The van der Waals surface area contributed by atoms with E-state index in [-0.39, 0.29) is 0 Å². The summed E-state index contributed by atoms with van der Waals surface area (Å²) in [5.41, 5.74) is 3.03. The molecule has 1 heterocycles. The van der Waals surface area contributed by atoms with Crippen molar-refractivity contribution in [2.24, 2.45) is 11.8 Å². The molecule has 1 saturated heterocycles. The Labute approximate surface area is 80.7 Å². The molecule has 1 fully saturated rings. The highest BCUT2D eigenvalue weighted by atomic mass is 16.6. The van der Waals surface area contributed by atoms with Crippen LogP contribution in [0.5, 0.6) is 0 Å². The number of nitrogens with one attached hydrogen (secondary N) is 1. The number of ether oxygens (including phenoxy) is 1. The number of hydrogen-bond donors (Lipinski definition) is 1. The first kappa shape index (κ1) is 11.0. The summed E-state index contributed by atoms with van der Waals surface area (Å²) in [6, 6.07) is 0. The molecule has 78 valence electrons. The van der Waals surface area contributed by atoms with E-state index < -0.39 is 0 Å². The lowest BCUT2D eigenvalue weighted by Gasteiger charge is -2.22. The van der Waals surface area contributed by atoms with E-state index in [9.17, 15) is 0 Å². The Kier molecular flexibility index (Phi) is 5.35. The summed E-state index contributed by atoms with van der Waals surface area (Å²) in [6.07, 6.45) is 2.33.